The molecule has 0 aromatic heterocycles. The monoisotopic (exact) mass is 436 g/mol. The first-order valence-corrected chi connectivity index (χ1v) is 0. The van der Waals surface area contributed by atoms with E-state index < -0.39 is 0 Å². The van der Waals surface area contributed by atoms with Gasteiger partial charge in [-0.05, 0) is 0 Å². The van der Waals surface area contributed by atoms with Gasteiger partial charge in [0.2, 0.25) is 0 Å². The van der Waals surface area contributed by atoms with Gasteiger partial charge in [-0.2, -0.15) is 0 Å². The Morgan fingerprint density at radius 3 is 0.333 bits per heavy atom. The molecular formula is Co5Pr. The van der Waals surface area contributed by atoms with E-state index in [1.807, 2.05) is 0 Å². The molecule has 0 N–H and O–H groups in total. The van der Waals surface area contributed by atoms with E-state index in [0.29, 0.717) is 0 Å². The molecule has 0 aliphatic carbocycles. The second-order valence-corrected chi connectivity index (χ2v) is 0. The molecule has 6 heavy (non-hydrogen) atoms. The molecule has 0 nitrogen and oxygen atoms in total. The van der Waals surface area contributed by atoms with E-state index in [9.17, 15) is 0 Å². The van der Waals surface area contributed by atoms with Gasteiger partial charge in [-0.25, -0.2) is 0 Å². The molecule has 0 aliphatic rings. The van der Waals surface area contributed by atoms with Crippen LogP contribution in [0.2, 0.25) is 0 Å². The van der Waals surface area contributed by atoms with Crippen molar-refractivity contribution in [3.05, 3.63) is 0 Å². The molecule has 0 saturated heterocycles. The van der Waals surface area contributed by atoms with Crippen molar-refractivity contribution >= 4 is 0 Å². The summed E-state index contributed by atoms with van der Waals surface area (Å²) < 4.78 is 0. The molecule has 6 heteroatoms. The predicted molar refractivity (Wildman–Crippen MR) is 0 cm³/mol. The summed E-state index contributed by atoms with van der Waals surface area (Å²) >= 11 is 0. The van der Waals surface area contributed by atoms with Crippen LogP contribution >= 0.6 is 0 Å². The maximum absolute atomic E-state index is 0. The van der Waals surface area contributed by atoms with Gasteiger partial charge >= 0.3 is 0 Å². The number of hydrogen-bond donors (Lipinski definition) is 0. The first-order valence-electron chi connectivity index (χ1n) is 0. The average Bonchev–Trinajstić information content (AvgIpc) is 0. The van der Waals surface area contributed by atoms with Gasteiger partial charge in [-0.15, -0.1) is 0 Å². The molecule has 0 aliphatic heterocycles. The zero-order valence-corrected chi connectivity index (χ0v) is 11.2. The average molecular weight is 436 g/mol. The quantitative estimate of drug-likeness (QED) is 0.502. The molecule has 0 rings (SSSR count). The molecule has 0 aromatic carbocycles. The van der Waals surface area contributed by atoms with Crippen LogP contribution in [0.4, 0.5) is 0 Å². The molecule has 0 saturated carbocycles. The Morgan fingerprint density at radius 2 is 0.333 bits per heavy atom. The Balaban J connectivity index is 0. The molecule has 0 atom stereocenters. The molecule has 0 amide bonds. The Hall–Kier alpha value is 3.90. The van der Waals surface area contributed by atoms with Crippen LogP contribution in [0.15, 0.2) is 0 Å². The summed E-state index contributed by atoms with van der Waals surface area (Å²) in [6.07, 6.45) is 0. The topological polar surface area (TPSA) is 0 Å². The minimum atomic E-state index is 0. The van der Waals surface area contributed by atoms with Gasteiger partial charge in [0.15, 0.2) is 0 Å². The SMILES string of the molecule is [Co].[Co].[Co].[Co].[Co].[Pr]. The Kier molecular flexibility index (Phi) is 314. The zero-order chi connectivity index (χ0) is 0. The summed E-state index contributed by atoms with van der Waals surface area (Å²) in [5, 5.41) is 0. The molecule has 0 aromatic rings. The van der Waals surface area contributed by atoms with E-state index in [4.69, 9.17) is 0 Å². The predicted octanol–water partition coefficient (Wildman–Crippen LogP) is -0.0125. The molecule has 0 spiro atoms. The summed E-state index contributed by atoms with van der Waals surface area (Å²) in [6.45, 7) is 0. The molecule has 0 bridgehead atoms. The van der Waals surface area contributed by atoms with Crippen molar-refractivity contribution in [1.82, 2.24) is 0 Å². The van der Waals surface area contributed by atoms with Crippen molar-refractivity contribution in [3.8, 4) is 0 Å². The third-order valence-corrected chi connectivity index (χ3v) is 0. The van der Waals surface area contributed by atoms with Gasteiger partial charge in [0.05, 0.1) is 0 Å². The third-order valence-electron chi connectivity index (χ3n) is 0. The largest absolute Gasteiger partial charge is 0 e. The van der Waals surface area contributed by atoms with Crippen LogP contribution < -0.4 is 0 Å². The van der Waals surface area contributed by atoms with Crippen LogP contribution in [-0.2, 0) is 83.9 Å². The number of hydrogen-bond acceptors (Lipinski definition) is 0. The van der Waals surface area contributed by atoms with Gasteiger partial charge in [-0.3, -0.25) is 0 Å². The summed E-state index contributed by atoms with van der Waals surface area (Å²) in [6, 6.07) is 0. The van der Waals surface area contributed by atoms with Crippen LogP contribution in [0, 0.1) is 41.3 Å². The Bertz CT molecular complexity index is 3.90. The van der Waals surface area contributed by atoms with Crippen LogP contribution in [0.25, 0.3) is 0 Å². The maximum Gasteiger partial charge on any atom is 0 e. The molecule has 0 unspecified atom stereocenters. The second kappa shape index (κ2) is 36.5. The van der Waals surface area contributed by atoms with Crippen molar-refractivity contribution in [1.29, 1.82) is 0 Å². The van der Waals surface area contributed by atoms with Gasteiger partial charge in [0.25, 0.3) is 0 Å². The maximum atomic E-state index is 0. The van der Waals surface area contributed by atoms with Crippen LogP contribution in [0.1, 0.15) is 0 Å². The van der Waals surface area contributed by atoms with Crippen molar-refractivity contribution in [2.75, 3.05) is 0 Å². The van der Waals surface area contributed by atoms with E-state index in [0.717, 1.165) is 0 Å². The van der Waals surface area contributed by atoms with Crippen LogP contribution in [0.3, 0.4) is 0 Å². The van der Waals surface area contributed by atoms with Gasteiger partial charge in [0, 0.05) is 125 Å². The first kappa shape index (κ1) is 51.6. The fraction of sp³-hybridized carbons (Fsp3) is 0. The zero-order valence-electron chi connectivity index (χ0n) is 2.24. The van der Waals surface area contributed by atoms with Crippen LogP contribution in [-0.4, -0.2) is 0 Å². The summed E-state index contributed by atoms with van der Waals surface area (Å²) in [5.74, 6) is 0. The van der Waals surface area contributed by atoms with Crippen molar-refractivity contribution in [2.24, 2.45) is 0 Å². The normalized spacial score (nSPS) is 0. The molecule has 0 fully saturated rings. The molecule has 6 radical (unpaired) electrons. The van der Waals surface area contributed by atoms with E-state index in [1.165, 1.54) is 0 Å². The smallest absolute Gasteiger partial charge is 0 e. The van der Waals surface area contributed by atoms with Crippen LogP contribution in [0.5, 0.6) is 0 Å². The second-order valence-electron chi connectivity index (χ2n) is 0. The van der Waals surface area contributed by atoms with E-state index in [2.05, 4.69) is 0 Å². The van der Waals surface area contributed by atoms with E-state index in [1.54, 1.807) is 0 Å². The Morgan fingerprint density at radius 1 is 0.333 bits per heavy atom. The fourth-order valence-electron chi connectivity index (χ4n) is 0. The van der Waals surface area contributed by atoms with Crippen molar-refractivity contribution < 1.29 is 125 Å². The standard InChI is InChI=1S/5Co.Pr. The Labute approximate surface area is 122 Å². The summed E-state index contributed by atoms with van der Waals surface area (Å²) in [4.78, 5) is 0. The molecule has 48 valence electrons. The molecule has 0 heterocycles. The fourth-order valence-corrected chi connectivity index (χ4v) is 0. The first-order chi connectivity index (χ1) is 0. The minimum absolute atomic E-state index is 0. The van der Waals surface area contributed by atoms with Crippen molar-refractivity contribution in [3.63, 3.8) is 0 Å². The van der Waals surface area contributed by atoms with Gasteiger partial charge < -0.3 is 0 Å². The molecular weight excluding hydrogens is 436 g/mol. The minimum Gasteiger partial charge on any atom is 0 e. The summed E-state index contributed by atoms with van der Waals surface area (Å²) in [7, 11) is 0. The number of rotatable bonds is 0. The van der Waals surface area contributed by atoms with Crippen molar-refractivity contribution in [2.45, 2.75) is 0 Å². The third kappa shape index (κ3) is 24.7. The van der Waals surface area contributed by atoms with Gasteiger partial charge in [0.1, 0.15) is 0 Å². The van der Waals surface area contributed by atoms with E-state index >= 15 is 0 Å². The van der Waals surface area contributed by atoms with E-state index in [-0.39, 0.29) is 125 Å². The summed E-state index contributed by atoms with van der Waals surface area (Å²) in [5.41, 5.74) is 0. The van der Waals surface area contributed by atoms with Gasteiger partial charge in [-0.1, -0.05) is 0 Å².